The number of thioether (sulfide) groups is 1. The molecule has 190 valence electrons. The SMILES string of the molecule is C=CCN1C(=O)/C(=C/c2ccc(OC)c(OCc3ccccc3)c2)SC1=NS(=O)(=O)c1ccc(Cl)cc1. The molecular formula is C27H23ClN2O5S2. The number of halogens is 1. The van der Waals surface area contributed by atoms with Crippen molar-refractivity contribution < 1.29 is 22.7 Å². The van der Waals surface area contributed by atoms with Gasteiger partial charge in [-0.2, -0.15) is 8.42 Å². The highest BCUT2D eigenvalue weighted by atomic mass is 35.5. The van der Waals surface area contributed by atoms with Crippen molar-refractivity contribution in [1.29, 1.82) is 0 Å². The maximum Gasteiger partial charge on any atom is 0.284 e. The van der Waals surface area contributed by atoms with Gasteiger partial charge >= 0.3 is 0 Å². The molecule has 0 N–H and O–H groups in total. The predicted molar refractivity (Wildman–Crippen MR) is 147 cm³/mol. The Kier molecular flexibility index (Phi) is 8.38. The lowest BCUT2D eigenvalue weighted by Gasteiger charge is -2.12. The van der Waals surface area contributed by atoms with Crippen LogP contribution in [0.1, 0.15) is 11.1 Å². The van der Waals surface area contributed by atoms with Crippen LogP contribution < -0.4 is 9.47 Å². The van der Waals surface area contributed by atoms with Crippen molar-refractivity contribution in [1.82, 2.24) is 4.90 Å². The third kappa shape index (κ3) is 6.43. The normalized spacial score (nSPS) is 15.8. The van der Waals surface area contributed by atoms with Gasteiger partial charge in [-0.25, -0.2) is 0 Å². The van der Waals surface area contributed by atoms with E-state index in [0.717, 1.165) is 17.3 Å². The van der Waals surface area contributed by atoms with Crippen LogP contribution in [0.5, 0.6) is 11.5 Å². The molecule has 0 aliphatic carbocycles. The fourth-order valence-electron chi connectivity index (χ4n) is 3.41. The quantitative estimate of drug-likeness (QED) is 0.246. The fourth-order valence-corrected chi connectivity index (χ4v) is 5.73. The molecule has 3 aromatic rings. The molecule has 0 radical (unpaired) electrons. The highest BCUT2D eigenvalue weighted by Gasteiger charge is 2.34. The number of hydrogen-bond acceptors (Lipinski definition) is 6. The van der Waals surface area contributed by atoms with Crippen LogP contribution in [-0.4, -0.2) is 38.0 Å². The first-order valence-corrected chi connectivity index (χ1v) is 13.7. The maximum atomic E-state index is 13.1. The lowest BCUT2D eigenvalue weighted by Crippen LogP contribution is -2.29. The van der Waals surface area contributed by atoms with Crippen molar-refractivity contribution >= 4 is 50.5 Å². The zero-order chi connectivity index (χ0) is 26.4. The summed E-state index contributed by atoms with van der Waals surface area (Å²) >= 11 is 6.84. The number of carbonyl (C=O) groups is 1. The van der Waals surface area contributed by atoms with Crippen LogP contribution in [0.15, 0.2) is 99.6 Å². The molecule has 1 aliphatic rings. The van der Waals surface area contributed by atoms with Crippen LogP contribution in [0.25, 0.3) is 6.08 Å². The first-order chi connectivity index (χ1) is 17.8. The van der Waals surface area contributed by atoms with E-state index in [2.05, 4.69) is 11.0 Å². The molecule has 1 amide bonds. The second-order valence-electron chi connectivity index (χ2n) is 7.80. The highest BCUT2D eigenvalue weighted by Crippen LogP contribution is 2.36. The summed E-state index contributed by atoms with van der Waals surface area (Å²) in [6.45, 7) is 4.12. The average molecular weight is 555 g/mol. The van der Waals surface area contributed by atoms with E-state index in [0.29, 0.717) is 33.6 Å². The summed E-state index contributed by atoms with van der Waals surface area (Å²) in [4.78, 5) is 14.7. The summed E-state index contributed by atoms with van der Waals surface area (Å²) < 4.78 is 41.1. The molecular weight excluding hydrogens is 532 g/mol. The summed E-state index contributed by atoms with van der Waals surface area (Å²) in [5.74, 6) is 0.684. The lowest BCUT2D eigenvalue weighted by atomic mass is 10.1. The Labute approximate surface area is 225 Å². The first-order valence-electron chi connectivity index (χ1n) is 11.1. The van der Waals surface area contributed by atoms with Crippen LogP contribution in [0.3, 0.4) is 0 Å². The number of nitrogens with zero attached hydrogens (tertiary/aromatic N) is 2. The van der Waals surface area contributed by atoms with Crippen LogP contribution in [-0.2, 0) is 21.4 Å². The second kappa shape index (κ2) is 11.7. The molecule has 1 saturated heterocycles. The van der Waals surface area contributed by atoms with E-state index in [1.807, 2.05) is 30.3 Å². The molecule has 37 heavy (non-hydrogen) atoms. The Morgan fingerprint density at radius 3 is 2.46 bits per heavy atom. The van der Waals surface area contributed by atoms with Gasteiger partial charge in [-0.3, -0.25) is 9.69 Å². The molecule has 1 heterocycles. The van der Waals surface area contributed by atoms with Crippen molar-refractivity contribution in [3.05, 3.63) is 107 Å². The Bertz CT molecular complexity index is 1470. The summed E-state index contributed by atoms with van der Waals surface area (Å²) in [7, 11) is -2.51. The zero-order valence-corrected chi connectivity index (χ0v) is 22.2. The van der Waals surface area contributed by atoms with E-state index in [9.17, 15) is 13.2 Å². The van der Waals surface area contributed by atoms with Gasteiger partial charge in [-0.15, -0.1) is 11.0 Å². The number of ether oxygens (including phenoxy) is 2. The fraction of sp³-hybridized carbons (Fsp3) is 0.111. The maximum absolute atomic E-state index is 13.1. The molecule has 0 bridgehead atoms. The minimum Gasteiger partial charge on any atom is -0.493 e. The topological polar surface area (TPSA) is 85.3 Å². The molecule has 0 unspecified atom stereocenters. The van der Waals surface area contributed by atoms with Crippen molar-refractivity contribution in [3.63, 3.8) is 0 Å². The van der Waals surface area contributed by atoms with Crippen molar-refractivity contribution in [3.8, 4) is 11.5 Å². The Morgan fingerprint density at radius 2 is 1.78 bits per heavy atom. The van der Waals surface area contributed by atoms with Gasteiger partial charge in [-0.1, -0.05) is 54.1 Å². The Hall–Kier alpha value is -3.53. The number of sulfonamides is 1. The van der Waals surface area contributed by atoms with Crippen molar-refractivity contribution in [2.75, 3.05) is 13.7 Å². The van der Waals surface area contributed by atoms with Gasteiger partial charge in [0.1, 0.15) is 6.61 Å². The van der Waals surface area contributed by atoms with Gasteiger partial charge in [0.05, 0.1) is 16.9 Å². The number of methoxy groups -OCH3 is 1. The van der Waals surface area contributed by atoms with Crippen LogP contribution in [0, 0.1) is 0 Å². The third-order valence-corrected chi connectivity index (χ3v) is 7.89. The number of rotatable bonds is 9. The van der Waals surface area contributed by atoms with Gasteiger partial charge in [0.25, 0.3) is 15.9 Å². The molecule has 4 rings (SSSR count). The van der Waals surface area contributed by atoms with Crippen LogP contribution in [0.2, 0.25) is 5.02 Å². The number of amides is 1. The van der Waals surface area contributed by atoms with Crippen LogP contribution >= 0.6 is 23.4 Å². The largest absolute Gasteiger partial charge is 0.493 e. The number of hydrogen-bond donors (Lipinski definition) is 0. The monoisotopic (exact) mass is 554 g/mol. The van der Waals surface area contributed by atoms with Gasteiger partial charge in [-0.05, 0) is 65.4 Å². The van der Waals surface area contributed by atoms with Gasteiger partial charge in [0, 0.05) is 11.6 Å². The minimum absolute atomic E-state index is 0.0243. The zero-order valence-electron chi connectivity index (χ0n) is 19.8. The van der Waals surface area contributed by atoms with Crippen molar-refractivity contribution in [2.45, 2.75) is 11.5 Å². The molecule has 3 aromatic carbocycles. The summed E-state index contributed by atoms with van der Waals surface area (Å²) in [5.41, 5.74) is 1.68. The summed E-state index contributed by atoms with van der Waals surface area (Å²) in [6.07, 6.45) is 3.17. The molecule has 0 spiro atoms. The Morgan fingerprint density at radius 1 is 1.05 bits per heavy atom. The summed E-state index contributed by atoms with van der Waals surface area (Å²) in [6, 6.07) is 20.7. The van der Waals surface area contributed by atoms with E-state index in [-0.39, 0.29) is 22.5 Å². The molecule has 0 aromatic heterocycles. The van der Waals surface area contributed by atoms with Gasteiger partial charge in [0.15, 0.2) is 16.7 Å². The number of amidine groups is 1. The third-order valence-electron chi connectivity index (χ3n) is 5.23. The van der Waals surface area contributed by atoms with Crippen LogP contribution in [0.4, 0.5) is 0 Å². The molecule has 0 saturated carbocycles. The average Bonchev–Trinajstić information content (AvgIpc) is 3.17. The predicted octanol–water partition coefficient (Wildman–Crippen LogP) is 5.77. The molecule has 1 fully saturated rings. The van der Waals surface area contributed by atoms with E-state index < -0.39 is 10.0 Å². The van der Waals surface area contributed by atoms with Crippen molar-refractivity contribution in [2.24, 2.45) is 4.40 Å². The van der Waals surface area contributed by atoms with E-state index in [1.54, 1.807) is 31.4 Å². The second-order valence-corrected chi connectivity index (χ2v) is 10.9. The molecule has 7 nitrogen and oxygen atoms in total. The van der Waals surface area contributed by atoms with E-state index in [4.69, 9.17) is 21.1 Å². The highest BCUT2D eigenvalue weighted by molar-refractivity contribution is 8.19. The number of carbonyl (C=O) groups excluding carboxylic acids is 1. The standard InChI is InChI=1S/C27H23ClN2O5S2/c1-3-15-30-26(31)25(36-27(30)29-37(32,33)22-12-10-21(28)11-13-22)17-20-9-14-23(34-2)24(16-20)35-18-19-7-5-4-6-8-19/h3-14,16-17H,1,15,18H2,2H3/b25-17-,29-27?. The van der Waals surface area contributed by atoms with Gasteiger partial charge < -0.3 is 9.47 Å². The lowest BCUT2D eigenvalue weighted by molar-refractivity contribution is -0.121. The smallest absolute Gasteiger partial charge is 0.284 e. The van der Waals surface area contributed by atoms with E-state index in [1.165, 1.54) is 35.2 Å². The summed E-state index contributed by atoms with van der Waals surface area (Å²) in [5, 5.41) is 0.447. The molecule has 0 atom stereocenters. The minimum atomic E-state index is -4.06. The number of benzene rings is 3. The molecule has 10 heteroatoms. The Balaban J connectivity index is 1.63. The van der Waals surface area contributed by atoms with Gasteiger partial charge in [0.2, 0.25) is 0 Å². The molecule has 1 aliphatic heterocycles. The van der Waals surface area contributed by atoms with E-state index >= 15 is 0 Å². The first kappa shape index (κ1) is 26.5.